The Bertz CT molecular complexity index is 169. The second kappa shape index (κ2) is 2.20. The molecule has 2 bridgehead atoms. The van der Waals surface area contributed by atoms with Crippen molar-refractivity contribution in [1.29, 1.82) is 0 Å². The van der Waals surface area contributed by atoms with Gasteiger partial charge in [-0.1, -0.05) is 0 Å². The number of fused-ring (bicyclic) bond motifs is 2. The summed E-state index contributed by atoms with van der Waals surface area (Å²) in [6.07, 6.45) is 3.65. The van der Waals surface area contributed by atoms with Gasteiger partial charge in [0.2, 0.25) is 0 Å². The second-order valence-electron chi connectivity index (χ2n) is 4.31. The molecule has 2 rings (SSSR count). The molecule has 0 aromatic carbocycles. The maximum absolute atomic E-state index is 5.94. The van der Waals surface area contributed by atoms with Crippen molar-refractivity contribution in [1.82, 2.24) is 0 Å². The van der Waals surface area contributed by atoms with Gasteiger partial charge in [-0.2, -0.15) is 0 Å². The lowest BCUT2D eigenvalue weighted by Crippen LogP contribution is -2.40. The lowest BCUT2D eigenvalue weighted by molar-refractivity contribution is -0.0407. The van der Waals surface area contributed by atoms with Crippen molar-refractivity contribution in [2.45, 2.75) is 37.8 Å². The largest absolute Gasteiger partial charge is 0.378 e. The molecule has 0 aliphatic heterocycles. The summed E-state index contributed by atoms with van der Waals surface area (Å²) in [6.45, 7) is 2.23. The summed E-state index contributed by atoms with van der Waals surface area (Å²) in [5.74, 6) is 1.47. The van der Waals surface area contributed by atoms with E-state index < -0.39 is 0 Å². The van der Waals surface area contributed by atoms with Crippen molar-refractivity contribution in [3.63, 3.8) is 0 Å². The standard InChI is InChI=1S/C9H17NO/c1-9(11-2)5-6-3-7(9)4-8(6)10/h6-8H,3-5,10H2,1-2H3/t6-,7-,8-,9+/m1/s1. The van der Waals surface area contributed by atoms with Crippen LogP contribution in [-0.4, -0.2) is 18.8 Å². The molecule has 4 atom stereocenters. The zero-order valence-corrected chi connectivity index (χ0v) is 7.34. The van der Waals surface area contributed by atoms with Gasteiger partial charge in [-0.3, -0.25) is 0 Å². The van der Waals surface area contributed by atoms with Crippen LogP contribution in [-0.2, 0) is 4.74 Å². The number of hydrogen-bond acceptors (Lipinski definition) is 2. The third-order valence-electron chi connectivity index (χ3n) is 3.75. The first-order valence-electron chi connectivity index (χ1n) is 4.46. The highest BCUT2D eigenvalue weighted by Crippen LogP contribution is 2.51. The van der Waals surface area contributed by atoms with Crippen LogP contribution in [0.5, 0.6) is 0 Å². The van der Waals surface area contributed by atoms with Crippen LogP contribution >= 0.6 is 0 Å². The van der Waals surface area contributed by atoms with Crippen molar-refractivity contribution < 1.29 is 4.74 Å². The molecule has 2 N–H and O–H groups in total. The first-order chi connectivity index (χ1) is 5.15. The van der Waals surface area contributed by atoms with Crippen LogP contribution < -0.4 is 5.73 Å². The van der Waals surface area contributed by atoms with Gasteiger partial charge in [0.15, 0.2) is 0 Å². The monoisotopic (exact) mass is 155 g/mol. The smallest absolute Gasteiger partial charge is 0.0682 e. The van der Waals surface area contributed by atoms with Crippen LogP contribution in [0.4, 0.5) is 0 Å². The van der Waals surface area contributed by atoms with Gasteiger partial charge >= 0.3 is 0 Å². The fourth-order valence-electron chi connectivity index (χ4n) is 2.83. The Morgan fingerprint density at radius 3 is 2.55 bits per heavy atom. The molecule has 0 aromatic rings. The molecule has 2 aliphatic carbocycles. The number of ether oxygens (including phenoxy) is 1. The minimum absolute atomic E-state index is 0.153. The van der Waals surface area contributed by atoms with Gasteiger partial charge in [-0.25, -0.2) is 0 Å². The Morgan fingerprint density at radius 1 is 1.45 bits per heavy atom. The SMILES string of the molecule is CO[C@@]1(C)C[C@H]2C[C@@H]1C[C@H]2N. The molecule has 0 spiro atoms. The topological polar surface area (TPSA) is 35.2 Å². The van der Waals surface area contributed by atoms with Gasteiger partial charge in [0.05, 0.1) is 5.60 Å². The van der Waals surface area contributed by atoms with Crippen molar-refractivity contribution in [3.8, 4) is 0 Å². The zero-order chi connectivity index (χ0) is 8.06. The maximum Gasteiger partial charge on any atom is 0.0682 e. The van der Waals surface area contributed by atoms with Crippen LogP contribution in [0, 0.1) is 11.8 Å². The van der Waals surface area contributed by atoms with E-state index in [-0.39, 0.29) is 5.60 Å². The van der Waals surface area contributed by atoms with Crippen LogP contribution in [0.15, 0.2) is 0 Å². The van der Waals surface area contributed by atoms with E-state index in [0.29, 0.717) is 6.04 Å². The van der Waals surface area contributed by atoms with Crippen molar-refractivity contribution in [2.75, 3.05) is 7.11 Å². The minimum atomic E-state index is 0.153. The van der Waals surface area contributed by atoms with Gasteiger partial charge < -0.3 is 10.5 Å². The Hall–Kier alpha value is -0.0800. The Balaban J connectivity index is 2.13. The van der Waals surface area contributed by atoms with Gasteiger partial charge in [-0.05, 0) is 38.0 Å². The van der Waals surface area contributed by atoms with E-state index in [1.54, 1.807) is 0 Å². The average Bonchev–Trinajstić information content (AvgIpc) is 2.45. The maximum atomic E-state index is 5.94. The zero-order valence-electron chi connectivity index (χ0n) is 7.34. The first-order valence-corrected chi connectivity index (χ1v) is 4.46. The Labute approximate surface area is 68.1 Å². The van der Waals surface area contributed by atoms with Gasteiger partial charge in [-0.15, -0.1) is 0 Å². The molecule has 2 saturated carbocycles. The highest BCUT2D eigenvalue weighted by Gasteiger charge is 2.51. The van der Waals surface area contributed by atoms with E-state index in [1.165, 1.54) is 19.3 Å². The predicted octanol–water partition coefficient (Wildman–Crippen LogP) is 1.15. The van der Waals surface area contributed by atoms with E-state index in [2.05, 4.69) is 6.92 Å². The molecule has 64 valence electrons. The van der Waals surface area contributed by atoms with Crippen LogP contribution in [0.2, 0.25) is 0 Å². The highest BCUT2D eigenvalue weighted by molar-refractivity contribution is 5.04. The molecule has 0 heterocycles. The van der Waals surface area contributed by atoms with Crippen molar-refractivity contribution in [3.05, 3.63) is 0 Å². The van der Waals surface area contributed by atoms with E-state index in [4.69, 9.17) is 10.5 Å². The molecule has 0 saturated heterocycles. The summed E-state index contributed by atoms with van der Waals surface area (Å²) in [5.41, 5.74) is 6.09. The molecule has 0 amide bonds. The number of hydrogen-bond donors (Lipinski definition) is 1. The molecule has 2 nitrogen and oxygen atoms in total. The van der Waals surface area contributed by atoms with E-state index in [9.17, 15) is 0 Å². The van der Waals surface area contributed by atoms with E-state index in [0.717, 1.165) is 11.8 Å². The fraction of sp³-hybridized carbons (Fsp3) is 1.00. The van der Waals surface area contributed by atoms with E-state index >= 15 is 0 Å². The molecule has 0 aromatic heterocycles. The number of rotatable bonds is 1. The fourth-order valence-corrected chi connectivity index (χ4v) is 2.83. The predicted molar refractivity (Wildman–Crippen MR) is 44.2 cm³/mol. The van der Waals surface area contributed by atoms with Crippen LogP contribution in [0.3, 0.4) is 0 Å². The summed E-state index contributed by atoms with van der Waals surface area (Å²) in [4.78, 5) is 0. The highest BCUT2D eigenvalue weighted by atomic mass is 16.5. The molecule has 2 aliphatic rings. The Kier molecular flexibility index (Phi) is 1.52. The third kappa shape index (κ3) is 0.926. The summed E-state index contributed by atoms with van der Waals surface area (Å²) >= 11 is 0. The molecule has 2 heteroatoms. The van der Waals surface area contributed by atoms with Crippen molar-refractivity contribution in [2.24, 2.45) is 17.6 Å². The van der Waals surface area contributed by atoms with Crippen molar-refractivity contribution >= 4 is 0 Å². The third-order valence-corrected chi connectivity index (χ3v) is 3.75. The first kappa shape index (κ1) is 7.56. The summed E-state index contributed by atoms with van der Waals surface area (Å²) in [7, 11) is 1.83. The Morgan fingerprint density at radius 2 is 2.18 bits per heavy atom. The minimum Gasteiger partial charge on any atom is -0.378 e. The van der Waals surface area contributed by atoms with Gasteiger partial charge in [0.1, 0.15) is 0 Å². The molecule has 0 radical (unpaired) electrons. The summed E-state index contributed by atoms with van der Waals surface area (Å²) in [5, 5.41) is 0. The lowest BCUT2D eigenvalue weighted by atomic mass is 9.83. The average molecular weight is 155 g/mol. The van der Waals surface area contributed by atoms with Crippen LogP contribution in [0.1, 0.15) is 26.2 Å². The molecular formula is C9H17NO. The van der Waals surface area contributed by atoms with Gasteiger partial charge in [0.25, 0.3) is 0 Å². The molecular weight excluding hydrogens is 138 g/mol. The quantitative estimate of drug-likeness (QED) is 0.616. The lowest BCUT2D eigenvalue weighted by Gasteiger charge is -2.34. The van der Waals surface area contributed by atoms with Gasteiger partial charge in [0, 0.05) is 13.2 Å². The van der Waals surface area contributed by atoms with Crippen LogP contribution in [0.25, 0.3) is 0 Å². The number of nitrogens with two attached hydrogens (primary N) is 1. The molecule has 0 unspecified atom stereocenters. The molecule has 11 heavy (non-hydrogen) atoms. The number of methoxy groups -OCH3 is 1. The second-order valence-corrected chi connectivity index (χ2v) is 4.31. The molecule has 2 fully saturated rings. The normalized spacial score (nSPS) is 55.4. The van der Waals surface area contributed by atoms with E-state index in [1.807, 2.05) is 7.11 Å². The summed E-state index contributed by atoms with van der Waals surface area (Å²) in [6, 6.07) is 0.461. The summed E-state index contributed by atoms with van der Waals surface area (Å²) < 4.78 is 5.53.